The second-order valence-corrected chi connectivity index (χ2v) is 4.71. The van der Waals surface area contributed by atoms with E-state index in [0.717, 1.165) is 10.6 Å². The Morgan fingerprint density at radius 3 is 2.78 bits per heavy atom. The van der Waals surface area contributed by atoms with Crippen molar-refractivity contribution in [3.63, 3.8) is 0 Å². The molecule has 0 saturated heterocycles. The predicted molar refractivity (Wildman–Crippen MR) is 72.8 cm³/mol. The van der Waals surface area contributed by atoms with Crippen molar-refractivity contribution < 1.29 is 14.7 Å². The number of rotatable bonds is 6. The zero-order valence-electron chi connectivity index (χ0n) is 10.1. The van der Waals surface area contributed by atoms with Crippen LogP contribution in [0.4, 0.5) is 5.69 Å². The predicted octanol–water partition coefficient (Wildman–Crippen LogP) is 2.62. The minimum Gasteiger partial charge on any atom is -0.481 e. The maximum atomic E-state index is 11.7. The van der Waals surface area contributed by atoms with E-state index in [2.05, 4.69) is 11.9 Å². The fourth-order valence-corrected chi connectivity index (χ4v) is 1.94. The van der Waals surface area contributed by atoms with Gasteiger partial charge in [-0.1, -0.05) is 18.2 Å². The molecule has 0 bridgehead atoms. The van der Waals surface area contributed by atoms with Crippen molar-refractivity contribution in [2.75, 3.05) is 11.1 Å². The van der Waals surface area contributed by atoms with Gasteiger partial charge in [0.2, 0.25) is 5.91 Å². The number of carboxylic acids is 1. The number of aliphatic carboxylic acids is 1. The molecule has 1 aromatic carbocycles. The molecule has 1 atom stereocenters. The first kappa shape index (κ1) is 14.3. The van der Waals surface area contributed by atoms with Crippen LogP contribution in [0.3, 0.4) is 0 Å². The van der Waals surface area contributed by atoms with Crippen molar-refractivity contribution in [3.05, 3.63) is 36.9 Å². The third kappa shape index (κ3) is 3.92. The number of thioether (sulfide) groups is 1. The minimum absolute atomic E-state index is 0.519. The van der Waals surface area contributed by atoms with Gasteiger partial charge in [0, 0.05) is 10.6 Å². The Hall–Kier alpha value is -1.75. The number of nitrogens with one attached hydrogen (secondary N) is 1. The number of carbonyl (C=O) groups is 2. The van der Waals surface area contributed by atoms with Crippen LogP contribution in [0.25, 0.3) is 0 Å². The zero-order valence-corrected chi connectivity index (χ0v) is 10.9. The molecule has 0 fully saturated rings. The quantitative estimate of drug-likeness (QED) is 0.471. The van der Waals surface area contributed by atoms with Crippen LogP contribution in [0, 0.1) is 5.92 Å². The van der Waals surface area contributed by atoms with Gasteiger partial charge in [0.15, 0.2) is 0 Å². The van der Waals surface area contributed by atoms with Crippen LogP contribution in [0.5, 0.6) is 0 Å². The highest BCUT2D eigenvalue weighted by atomic mass is 32.2. The SMILES string of the molecule is C=CCSc1ccccc1NC(=O)C(C)C(=O)O. The van der Waals surface area contributed by atoms with Crippen LogP contribution >= 0.6 is 11.8 Å². The fourth-order valence-electron chi connectivity index (χ4n) is 1.20. The maximum Gasteiger partial charge on any atom is 0.315 e. The molecule has 0 aliphatic heterocycles. The highest BCUT2D eigenvalue weighted by Crippen LogP contribution is 2.27. The monoisotopic (exact) mass is 265 g/mol. The summed E-state index contributed by atoms with van der Waals surface area (Å²) in [5.74, 6) is -2.00. The lowest BCUT2D eigenvalue weighted by molar-refractivity contribution is -0.144. The molecule has 4 nitrogen and oxygen atoms in total. The van der Waals surface area contributed by atoms with E-state index in [1.165, 1.54) is 18.7 Å². The Balaban J connectivity index is 2.80. The molecule has 96 valence electrons. The van der Waals surface area contributed by atoms with Gasteiger partial charge in [0.05, 0.1) is 5.69 Å². The Morgan fingerprint density at radius 1 is 1.50 bits per heavy atom. The first-order valence-corrected chi connectivity index (χ1v) is 6.41. The summed E-state index contributed by atoms with van der Waals surface area (Å²) in [5, 5.41) is 11.4. The first-order valence-electron chi connectivity index (χ1n) is 5.42. The fraction of sp³-hybridized carbons (Fsp3) is 0.231. The molecular weight excluding hydrogens is 250 g/mol. The molecule has 5 heteroatoms. The molecule has 1 aromatic rings. The second kappa shape index (κ2) is 6.86. The molecular formula is C13H15NO3S. The van der Waals surface area contributed by atoms with Gasteiger partial charge in [-0.25, -0.2) is 0 Å². The Bertz CT molecular complexity index is 459. The average Bonchev–Trinajstić information content (AvgIpc) is 2.36. The molecule has 1 amide bonds. The number of carbonyl (C=O) groups excluding carboxylic acids is 1. The lowest BCUT2D eigenvalue weighted by Crippen LogP contribution is -2.27. The summed E-state index contributed by atoms with van der Waals surface area (Å²) in [7, 11) is 0. The van der Waals surface area contributed by atoms with Gasteiger partial charge in [-0.2, -0.15) is 0 Å². The highest BCUT2D eigenvalue weighted by molar-refractivity contribution is 7.99. The van der Waals surface area contributed by atoms with Crippen molar-refractivity contribution >= 4 is 29.3 Å². The zero-order chi connectivity index (χ0) is 13.5. The van der Waals surface area contributed by atoms with Gasteiger partial charge in [-0.15, -0.1) is 18.3 Å². The van der Waals surface area contributed by atoms with E-state index in [-0.39, 0.29) is 0 Å². The Labute approximate surface area is 110 Å². The number of hydrogen-bond donors (Lipinski definition) is 2. The molecule has 0 aliphatic carbocycles. The molecule has 18 heavy (non-hydrogen) atoms. The summed E-state index contributed by atoms with van der Waals surface area (Å²) in [6.07, 6.45) is 1.77. The van der Waals surface area contributed by atoms with Gasteiger partial charge < -0.3 is 10.4 Å². The highest BCUT2D eigenvalue weighted by Gasteiger charge is 2.21. The van der Waals surface area contributed by atoms with Crippen LogP contribution in [0.15, 0.2) is 41.8 Å². The standard InChI is InChI=1S/C13H15NO3S/c1-3-8-18-11-7-5-4-6-10(11)14-12(15)9(2)13(16)17/h3-7,9H,1,8H2,2H3,(H,14,15)(H,16,17). The number of hydrogen-bond acceptors (Lipinski definition) is 3. The van der Waals surface area contributed by atoms with Crippen LogP contribution < -0.4 is 5.32 Å². The number of para-hydroxylation sites is 1. The number of amides is 1. The smallest absolute Gasteiger partial charge is 0.315 e. The van der Waals surface area contributed by atoms with Crippen LogP contribution in [-0.2, 0) is 9.59 Å². The number of benzene rings is 1. The molecule has 0 spiro atoms. The van der Waals surface area contributed by atoms with Crippen LogP contribution in [0.1, 0.15) is 6.92 Å². The molecule has 0 radical (unpaired) electrons. The molecule has 0 heterocycles. The van der Waals surface area contributed by atoms with Gasteiger partial charge in [-0.05, 0) is 19.1 Å². The van der Waals surface area contributed by atoms with E-state index < -0.39 is 17.8 Å². The van der Waals surface area contributed by atoms with Crippen molar-refractivity contribution in [1.82, 2.24) is 0 Å². The molecule has 2 N–H and O–H groups in total. The van der Waals surface area contributed by atoms with Crippen LogP contribution in [0.2, 0.25) is 0 Å². The molecule has 0 aliphatic rings. The van der Waals surface area contributed by atoms with E-state index in [1.807, 2.05) is 12.1 Å². The van der Waals surface area contributed by atoms with Gasteiger partial charge >= 0.3 is 5.97 Å². The lowest BCUT2D eigenvalue weighted by Gasteiger charge is -2.11. The molecule has 0 aromatic heterocycles. The number of carboxylic acid groups (broad SMARTS) is 1. The van der Waals surface area contributed by atoms with Crippen molar-refractivity contribution in [2.45, 2.75) is 11.8 Å². The summed E-state index contributed by atoms with van der Waals surface area (Å²) in [6, 6.07) is 7.27. The Morgan fingerprint density at radius 2 is 2.17 bits per heavy atom. The molecule has 0 saturated carbocycles. The van der Waals surface area contributed by atoms with Crippen molar-refractivity contribution in [2.24, 2.45) is 5.92 Å². The largest absolute Gasteiger partial charge is 0.481 e. The van der Waals surface area contributed by atoms with Gasteiger partial charge in [0.1, 0.15) is 5.92 Å². The summed E-state index contributed by atoms with van der Waals surface area (Å²) in [4.78, 5) is 23.3. The minimum atomic E-state index is -1.14. The van der Waals surface area contributed by atoms with E-state index >= 15 is 0 Å². The third-order valence-corrected chi connectivity index (χ3v) is 3.33. The van der Waals surface area contributed by atoms with Gasteiger partial charge in [0.25, 0.3) is 0 Å². The molecule has 1 unspecified atom stereocenters. The summed E-state index contributed by atoms with van der Waals surface area (Å²) >= 11 is 1.53. The lowest BCUT2D eigenvalue weighted by atomic mass is 10.1. The van der Waals surface area contributed by atoms with E-state index in [9.17, 15) is 9.59 Å². The average molecular weight is 265 g/mol. The van der Waals surface area contributed by atoms with E-state index in [0.29, 0.717) is 5.69 Å². The van der Waals surface area contributed by atoms with Crippen LogP contribution in [-0.4, -0.2) is 22.7 Å². The van der Waals surface area contributed by atoms with Gasteiger partial charge in [-0.3, -0.25) is 9.59 Å². The third-order valence-electron chi connectivity index (χ3n) is 2.27. The Kier molecular flexibility index (Phi) is 5.45. The number of anilines is 1. The van der Waals surface area contributed by atoms with E-state index in [1.54, 1.807) is 18.2 Å². The van der Waals surface area contributed by atoms with Crippen molar-refractivity contribution in [3.8, 4) is 0 Å². The summed E-state index contributed by atoms with van der Waals surface area (Å²) in [6.45, 7) is 4.99. The first-order chi connectivity index (χ1) is 8.56. The normalized spacial score (nSPS) is 11.6. The van der Waals surface area contributed by atoms with Crippen molar-refractivity contribution in [1.29, 1.82) is 0 Å². The molecule has 1 rings (SSSR count). The van der Waals surface area contributed by atoms with E-state index in [4.69, 9.17) is 5.11 Å². The maximum absolute atomic E-state index is 11.7. The second-order valence-electron chi connectivity index (χ2n) is 3.65. The topological polar surface area (TPSA) is 66.4 Å². The summed E-state index contributed by atoms with van der Waals surface area (Å²) < 4.78 is 0. The summed E-state index contributed by atoms with van der Waals surface area (Å²) in [5.41, 5.74) is 0.627.